The van der Waals surface area contributed by atoms with Crippen molar-refractivity contribution in [3.8, 4) is 0 Å². The molecule has 0 saturated heterocycles. The predicted molar refractivity (Wildman–Crippen MR) is 72.2 cm³/mol. The van der Waals surface area contributed by atoms with Crippen LogP contribution in [0.1, 0.15) is 6.92 Å². The van der Waals surface area contributed by atoms with Gasteiger partial charge in [0.2, 0.25) is 5.91 Å². The van der Waals surface area contributed by atoms with Gasteiger partial charge in [-0.25, -0.2) is 17.2 Å². The van der Waals surface area contributed by atoms with Crippen molar-refractivity contribution in [2.24, 2.45) is 0 Å². The van der Waals surface area contributed by atoms with E-state index >= 15 is 0 Å². The number of hydrogen-bond donors (Lipinski definition) is 2. The summed E-state index contributed by atoms with van der Waals surface area (Å²) in [6.45, 7) is 1.40. The van der Waals surface area contributed by atoms with Gasteiger partial charge in [-0.2, -0.15) is 0 Å². The van der Waals surface area contributed by atoms with Crippen molar-refractivity contribution in [2.75, 3.05) is 29.9 Å². The monoisotopic (exact) mass is 306 g/mol. The van der Waals surface area contributed by atoms with Crippen LogP contribution in [0.3, 0.4) is 0 Å². The van der Waals surface area contributed by atoms with Crippen molar-refractivity contribution in [2.45, 2.75) is 6.92 Å². The van der Waals surface area contributed by atoms with Gasteiger partial charge in [-0.05, 0) is 12.1 Å². The van der Waals surface area contributed by atoms with Crippen molar-refractivity contribution in [3.05, 3.63) is 29.8 Å². The van der Waals surface area contributed by atoms with Gasteiger partial charge >= 0.3 is 0 Å². The molecule has 0 radical (unpaired) electrons. The van der Waals surface area contributed by atoms with Gasteiger partial charge in [0.25, 0.3) is 0 Å². The van der Waals surface area contributed by atoms with Crippen molar-refractivity contribution in [1.82, 2.24) is 5.32 Å². The second-order valence-electron chi connectivity index (χ2n) is 4.06. The first-order valence-corrected chi connectivity index (χ1v) is 7.83. The van der Waals surface area contributed by atoms with Gasteiger partial charge in [0.1, 0.15) is 17.3 Å². The molecule has 1 aromatic carbocycles. The molecule has 0 unspecified atom stereocenters. The van der Waals surface area contributed by atoms with Gasteiger partial charge in [0.15, 0.2) is 9.84 Å². The van der Waals surface area contributed by atoms with Crippen molar-refractivity contribution >= 4 is 21.4 Å². The summed E-state index contributed by atoms with van der Waals surface area (Å²) in [7, 11) is -3.10. The number of carbonyl (C=O) groups is 1. The Labute approximate surface area is 116 Å². The molecule has 5 nitrogen and oxygen atoms in total. The summed E-state index contributed by atoms with van der Waals surface area (Å²) < 4.78 is 48.9. The molecule has 0 saturated carbocycles. The number of carbonyl (C=O) groups excluding carboxylic acids is 1. The van der Waals surface area contributed by atoms with Gasteiger partial charge in [-0.15, -0.1) is 0 Å². The molecule has 1 aromatic rings. The molecule has 1 rings (SSSR count). The van der Waals surface area contributed by atoms with Crippen LogP contribution in [-0.4, -0.2) is 38.9 Å². The van der Waals surface area contributed by atoms with Crippen molar-refractivity contribution < 1.29 is 22.0 Å². The van der Waals surface area contributed by atoms with E-state index < -0.39 is 33.1 Å². The summed E-state index contributed by atoms with van der Waals surface area (Å²) in [5, 5.41) is 4.69. The fraction of sp³-hybridized carbons (Fsp3) is 0.417. The minimum absolute atomic E-state index is 0.0291. The zero-order valence-corrected chi connectivity index (χ0v) is 11.8. The molecule has 1 amide bonds. The number of amides is 1. The van der Waals surface area contributed by atoms with E-state index in [4.69, 9.17) is 0 Å². The van der Waals surface area contributed by atoms with Gasteiger partial charge in [-0.1, -0.05) is 13.0 Å². The van der Waals surface area contributed by atoms with E-state index in [0.29, 0.717) is 0 Å². The maximum atomic E-state index is 13.2. The Hall–Kier alpha value is -1.54. The lowest BCUT2D eigenvalue weighted by molar-refractivity contribution is -0.115. The molecular weight excluding hydrogens is 290 g/mol. The maximum Gasteiger partial charge on any atom is 0.238 e. The lowest BCUT2D eigenvalue weighted by Gasteiger charge is -2.08. The van der Waals surface area contributed by atoms with Gasteiger partial charge < -0.3 is 10.6 Å². The second-order valence-corrected chi connectivity index (χ2v) is 6.53. The average Bonchev–Trinajstić information content (AvgIpc) is 2.39. The highest BCUT2D eigenvalue weighted by molar-refractivity contribution is 7.91. The van der Waals surface area contributed by atoms with Gasteiger partial charge in [0, 0.05) is 12.3 Å². The van der Waals surface area contributed by atoms with Crippen LogP contribution >= 0.6 is 0 Å². The highest BCUT2D eigenvalue weighted by Crippen LogP contribution is 2.17. The standard InChI is InChI=1S/C12H16F2N2O3S/c1-2-20(18,19)7-6-15-8-11(17)16-12-9(13)4-3-5-10(12)14/h3-5,15H,2,6-8H2,1H3,(H,16,17). The zero-order valence-electron chi connectivity index (χ0n) is 10.9. The molecule has 0 spiro atoms. The summed E-state index contributed by atoms with van der Waals surface area (Å²) >= 11 is 0. The van der Waals surface area contributed by atoms with Crippen LogP contribution in [0.25, 0.3) is 0 Å². The Bertz CT molecular complexity index is 556. The van der Waals surface area contributed by atoms with Crippen molar-refractivity contribution in [1.29, 1.82) is 0 Å². The molecular formula is C12H16F2N2O3S. The number of halogens is 2. The lowest BCUT2D eigenvalue weighted by atomic mass is 10.3. The Morgan fingerprint density at radius 3 is 2.40 bits per heavy atom. The van der Waals surface area contributed by atoms with Crippen LogP contribution in [0.2, 0.25) is 0 Å². The number of para-hydroxylation sites is 1. The minimum Gasteiger partial charge on any atom is -0.320 e. The first-order valence-electron chi connectivity index (χ1n) is 6.00. The molecule has 0 aliphatic rings. The fourth-order valence-corrected chi connectivity index (χ4v) is 2.12. The van der Waals surface area contributed by atoms with Crippen LogP contribution in [0.5, 0.6) is 0 Å². The first-order chi connectivity index (χ1) is 9.35. The van der Waals surface area contributed by atoms with Gasteiger partial charge in [-0.3, -0.25) is 4.79 Å². The Morgan fingerprint density at radius 1 is 1.25 bits per heavy atom. The molecule has 0 atom stereocenters. The normalized spacial score (nSPS) is 11.3. The van der Waals surface area contributed by atoms with E-state index in [1.165, 1.54) is 13.0 Å². The summed E-state index contributed by atoms with van der Waals surface area (Å²) in [6.07, 6.45) is 0. The molecule has 2 N–H and O–H groups in total. The molecule has 112 valence electrons. The van der Waals surface area contributed by atoms with Crippen LogP contribution in [0, 0.1) is 11.6 Å². The van der Waals surface area contributed by atoms with E-state index in [1.54, 1.807) is 0 Å². The van der Waals surface area contributed by atoms with E-state index in [1.807, 2.05) is 0 Å². The highest BCUT2D eigenvalue weighted by Gasteiger charge is 2.12. The van der Waals surface area contributed by atoms with Crippen LogP contribution < -0.4 is 10.6 Å². The number of anilines is 1. The lowest BCUT2D eigenvalue weighted by Crippen LogP contribution is -2.32. The summed E-state index contributed by atoms with van der Waals surface area (Å²) in [5.41, 5.74) is -0.513. The molecule has 0 heterocycles. The largest absolute Gasteiger partial charge is 0.320 e. The quantitative estimate of drug-likeness (QED) is 0.735. The Morgan fingerprint density at radius 2 is 1.85 bits per heavy atom. The molecule has 0 aromatic heterocycles. The fourth-order valence-electron chi connectivity index (χ4n) is 1.37. The zero-order chi connectivity index (χ0) is 15.2. The third kappa shape index (κ3) is 5.22. The van der Waals surface area contributed by atoms with Crippen LogP contribution in [-0.2, 0) is 14.6 Å². The summed E-state index contributed by atoms with van der Waals surface area (Å²) in [5.74, 6) is -2.45. The van der Waals surface area contributed by atoms with Crippen LogP contribution in [0.15, 0.2) is 18.2 Å². The molecule has 8 heteroatoms. The number of sulfone groups is 1. The Balaban J connectivity index is 2.42. The highest BCUT2D eigenvalue weighted by atomic mass is 32.2. The van der Waals surface area contributed by atoms with E-state index in [9.17, 15) is 22.0 Å². The predicted octanol–water partition coefficient (Wildman–Crippen LogP) is 0.928. The average molecular weight is 306 g/mol. The Kier molecular flexibility index (Phi) is 6.03. The summed E-state index contributed by atoms with van der Waals surface area (Å²) in [4.78, 5) is 11.5. The van der Waals surface area contributed by atoms with Crippen molar-refractivity contribution in [3.63, 3.8) is 0 Å². The summed E-state index contributed by atoms with van der Waals surface area (Å²) in [6, 6.07) is 3.24. The van der Waals surface area contributed by atoms with E-state index in [2.05, 4.69) is 10.6 Å². The molecule has 0 bridgehead atoms. The molecule has 20 heavy (non-hydrogen) atoms. The first kappa shape index (κ1) is 16.5. The second kappa shape index (κ2) is 7.30. The third-order valence-corrected chi connectivity index (χ3v) is 4.25. The number of rotatable bonds is 7. The van der Waals surface area contributed by atoms with E-state index in [-0.39, 0.29) is 24.6 Å². The van der Waals surface area contributed by atoms with Crippen LogP contribution in [0.4, 0.5) is 14.5 Å². The smallest absolute Gasteiger partial charge is 0.238 e. The van der Waals surface area contributed by atoms with Gasteiger partial charge in [0.05, 0.1) is 12.3 Å². The third-order valence-electron chi connectivity index (χ3n) is 2.54. The molecule has 0 fully saturated rings. The molecule has 0 aliphatic carbocycles. The maximum absolute atomic E-state index is 13.2. The topological polar surface area (TPSA) is 75.3 Å². The number of hydrogen-bond acceptors (Lipinski definition) is 4. The van der Waals surface area contributed by atoms with E-state index in [0.717, 1.165) is 12.1 Å². The number of benzene rings is 1. The minimum atomic E-state index is -3.10. The number of nitrogens with one attached hydrogen (secondary N) is 2. The SMILES string of the molecule is CCS(=O)(=O)CCNCC(=O)Nc1c(F)cccc1F. The molecule has 0 aliphatic heterocycles.